The standard InChI is InChI=1S/C19H38O3/c1-5-6-7-8-9-10-11-12-13-14-16-21-18(20)15-17-22-19(2,3)4/h5-17H2,1-4H3. The summed E-state index contributed by atoms with van der Waals surface area (Å²) in [6.07, 6.45) is 13.3. The maximum atomic E-state index is 11.5. The van der Waals surface area contributed by atoms with Crippen LogP contribution in [0.25, 0.3) is 0 Å². The van der Waals surface area contributed by atoms with E-state index in [1.165, 1.54) is 57.8 Å². The van der Waals surface area contributed by atoms with Gasteiger partial charge in [-0.1, -0.05) is 64.7 Å². The molecule has 0 spiro atoms. The SMILES string of the molecule is CCCCCCCCCCCCOC(=O)CCOC(C)(C)C. The molecule has 0 fully saturated rings. The number of ether oxygens (including phenoxy) is 2. The molecule has 0 unspecified atom stereocenters. The summed E-state index contributed by atoms with van der Waals surface area (Å²) in [4.78, 5) is 11.5. The summed E-state index contributed by atoms with van der Waals surface area (Å²) in [5.41, 5.74) is -0.184. The second kappa shape index (κ2) is 14.0. The molecule has 0 rings (SSSR count). The van der Waals surface area contributed by atoms with Crippen LogP contribution < -0.4 is 0 Å². The van der Waals surface area contributed by atoms with Crippen molar-refractivity contribution in [1.29, 1.82) is 0 Å². The molecule has 0 atom stereocenters. The minimum absolute atomic E-state index is 0.139. The first-order valence-electron chi connectivity index (χ1n) is 9.25. The van der Waals surface area contributed by atoms with Gasteiger partial charge in [-0.3, -0.25) is 4.79 Å². The van der Waals surface area contributed by atoms with Crippen LogP contribution in [0, 0.1) is 0 Å². The highest BCUT2D eigenvalue weighted by molar-refractivity contribution is 5.69. The van der Waals surface area contributed by atoms with Crippen LogP contribution in [0.4, 0.5) is 0 Å². The minimum atomic E-state index is -0.184. The van der Waals surface area contributed by atoms with Gasteiger partial charge in [0, 0.05) is 0 Å². The van der Waals surface area contributed by atoms with Gasteiger partial charge in [0.25, 0.3) is 0 Å². The van der Waals surface area contributed by atoms with Crippen molar-refractivity contribution in [2.75, 3.05) is 13.2 Å². The largest absolute Gasteiger partial charge is 0.466 e. The first kappa shape index (κ1) is 21.4. The van der Waals surface area contributed by atoms with E-state index in [9.17, 15) is 4.79 Å². The van der Waals surface area contributed by atoms with E-state index in [0.717, 1.165) is 6.42 Å². The van der Waals surface area contributed by atoms with Crippen molar-refractivity contribution in [1.82, 2.24) is 0 Å². The van der Waals surface area contributed by atoms with Crippen molar-refractivity contribution in [3.63, 3.8) is 0 Å². The maximum absolute atomic E-state index is 11.5. The lowest BCUT2D eigenvalue weighted by atomic mass is 10.1. The van der Waals surface area contributed by atoms with E-state index in [2.05, 4.69) is 6.92 Å². The Labute approximate surface area is 138 Å². The molecular weight excluding hydrogens is 276 g/mol. The van der Waals surface area contributed by atoms with Crippen molar-refractivity contribution in [3.05, 3.63) is 0 Å². The summed E-state index contributed by atoms with van der Waals surface area (Å²) in [6, 6.07) is 0. The zero-order chi connectivity index (χ0) is 16.7. The monoisotopic (exact) mass is 314 g/mol. The van der Waals surface area contributed by atoms with Gasteiger partial charge in [0.1, 0.15) is 0 Å². The first-order chi connectivity index (χ1) is 10.5. The maximum Gasteiger partial charge on any atom is 0.308 e. The Kier molecular flexibility index (Phi) is 13.7. The van der Waals surface area contributed by atoms with Gasteiger partial charge in [-0.05, 0) is 27.2 Å². The van der Waals surface area contributed by atoms with E-state index < -0.39 is 0 Å². The summed E-state index contributed by atoms with van der Waals surface area (Å²) in [5, 5.41) is 0. The Morgan fingerprint density at radius 2 is 1.27 bits per heavy atom. The van der Waals surface area contributed by atoms with Gasteiger partial charge in [0.05, 0.1) is 25.2 Å². The molecule has 0 aliphatic rings. The molecule has 0 amide bonds. The number of esters is 1. The van der Waals surface area contributed by atoms with Crippen LogP contribution in [-0.4, -0.2) is 24.8 Å². The Morgan fingerprint density at radius 1 is 0.773 bits per heavy atom. The van der Waals surface area contributed by atoms with Gasteiger partial charge in [0.2, 0.25) is 0 Å². The molecule has 132 valence electrons. The number of carbonyl (C=O) groups excluding carboxylic acids is 1. The zero-order valence-electron chi connectivity index (χ0n) is 15.4. The van der Waals surface area contributed by atoms with E-state index in [-0.39, 0.29) is 11.6 Å². The van der Waals surface area contributed by atoms with Crippen LogP contribution in [0.5, 0.6) is 0 Å². The summed E-state index contributed by atoms with van der Waals surface area (Å²) in [7, 11) is 0. The normalized spacial score (nSPS) is 11.6. The minimum Gasteiger partial charge on any atom is -0.466 e. The lowest BCUT2D eigenvalue weighted by Crippen LogP contribution is -2.21. The second-order valence-corrected chi connectivity index (χ2v) is 7.11. The Hall–Kier alpha value is -0.570. The third-order valence-electron chi connectivity index (χ3n) is 3.60. The van der Waals surface area contributed by atoms with Crippen molar-refractivity contribution in [3.8, 4) is 0 Å². The number of hydrogen-bond donors (Lipinski definition) is 0. The average Bonchev–Trinajstić information content (AvgIpc) is 2.43. The van der Waals surface area contributed by atoms with Gasteiger partial charge in [0.15, 0.2) is 0 Å². The predicted octanol–water partition coefficient (Wildman–Crippen LogP) is 5.66. The van der Waals surface area contributed by atoms with E-state index in [0.29, 0.717) is 19.6 Å². The fourth-order valence-corrected chi connectivity index (χ4v) is 2.29. The van der Waals surface area contributed by atoms with Gasteiger partial charge >= 0.3 is 5.97 Å². The van der Waals surface area contributed by atoms with E-state index in [4.69, 9.17) is 9.47 Å². The molecule has 0 aliphatic heterocycles. The lowest BCUT2D eigenvalue weighted by Gasteiger charge is -2.18. The molecular formula is C19H38O3. The molecule has 0 aromatic rings. The van der Waals surface area contributed by atoms with Crippen LogP contribution in [0.3, 0.4) is 0 Å². The smallest absolute Gasteiger partial charge is 0.308 e. The van der Waals surface area contributed by atoms with Crippen molar-refractivity contribution >= 4 is 5.97 Å². The second-order valence-electron chi connectivity index (χ2n) is 7.11. The van der Waals surface area contributed by atoms with Crippen LogP contribution in [0.15, 0.2) is 0 Å². The van der Waals surface area contributed by atoms with Gasteiger partial charge in [-0.25, -0.2) is 0 Å². The lowest BCUT2D eigenvalue weighted by molar-refractivity contribution is -0.146. The number of hydrogen-bond acceptors (Lipinski definition) is 3. The highest BCUT2D eigenvalue weighted by Gasteiger charge is 2.11. The van der Waals surface area contributed by atoms with Gasteiger partial charge < -0.3 is 9.47 Å². The van der Waals surface area contributed by atoms with Crippen LogP contribution >= 0.6 is 0 Å². The molecule has 0 aromatic carbocycles. The number of unbranched alkanes of at least 4 members (excludes halogenated alkanes) is 9. The molecule has 3 nitrogen and oxygen atoms in total. The molecule has 0 aliphatic carbocycles. The van der Waals surface area contributed by atoms with Crippen LogP contribution in [0.1, 0.15) is 98.3 Å². The fourth-order valence-electron chi connectivity index (χ4n) is 2.29. The predicted molar refractivity (Wildman–Crippen MR) is 93.1 cm³/mol. The average molecular weight is 315 g/mol. The Morgan fingerprint density at radius 3 is 1.77 bits per heavy atom. The van der Waals surface area contributed by atoms with E-state index in [1.54, 1.807) is 0 Å². The molecule has 0 saturated carbocycles. The van der Waals surface area contributed by atoms with Crippen molar-refractivity contribution in [2.24, 2.45) is 0 Å². The first-order valence-corrected chi connectivity index (χ1v) is 9.25. The highest BCUT2D eigenvalue weighted by atomic mass is 16.5. The van der Waals surface area contributed by atoms with Crippen molar-refractivity contribution < 1.29 is 14.3 Å². The summed E-state index contributed by atoms with van der Waals surface area (Å²) in [5.74, 6) is -0.139. The third-order valence-corrected chi connectivity index (χ3v) is 3.60. The molecule has 0 N–H and O–H groups in total. The summed E-state index contributed by atoms with van der Waals surface area (Å²) in [6.45, 7) is 9.22. The molecule has 0 heterocycles. The molecule has 0 aromatic heterocycles. The number of carbonyl (C=O) groups is 1. The van der Waals surface area contributed by atoms with E-state index >= 15 is 0 Å². The quantitative estimate of drug-likeness (QED) is 0.307. The molecule has 0 saturated heterocycles. The molecule has 22 heavy (non-hydrogen) atoms. The fraction of sp³-hybridized carbons (Fsp3) is 0.947. The molecule has 0 radical (unpaired) electrons. The Bertz CT molecular complexity index is 256. The zero-order valence-corrected chi connectivity index (χ0v) is 15.4. The van der Waals surface area contributed by atoms with Gasteiger partial charge in [-0.15, -0.1) is 0 Å². The van der Waals surface area contributed by atoms with Gasteiger partial charge in [-0.2, -0.15) is 0 Å². The Balaban J connectivity index is 3.20. The molecule has 0 bridgehead atoms. The highest BCUT2D eigenvalue weighted by Crippen LogP contribution is 2.11. The van der Waals surface area contributed by atoms with Crippen molar-refractivity contribution in [2.45, 2.75) is 104 Å². The van der Waals surface area contributed by atoms with E-state index in [1.807, 2.05) is 20.8 Å². The topological polar surface area (TPSA) is 35.5 Å². The third kappa shape index (κ3) is 17.5. The summed E-state index contributed by atoms with van der Waals surface area (Å²) < 4.78 is 10.7. The van der Waals surface area contributed by atoms with Crippen LogP contribution in [0.2, 0.25) is 0 Å². The van der Waals surface area contributed by atoms with Crippen LogP contribution in [-0.2, 0) is 14.3 Å². The summed E-state index contributed by atoms with van der Waals surface area (Å²) >= 11 is 0. The molecule has 3 heteroatoms. The number of rotatable bonds is 14.